The van der Waals surface area contributed by atoms with Gasteiger partial charge in [-0.05, 0) is 91.9 Å². The van der Waals surface area contributed by atoms with Gasteiger partial charge in [-0.25, -0.2) is 14.8 Å². The highest BCUT2D eigenvalue weighted by atomic mass is 35.5. The van der Waals surface area contributed by atoms with Crippen LogP contribution in [0, 0.1) is 0 Å². The number of azo groups is 1. The van der Waals surface area contributed by atoms with Crippen molar-refractivity contribution in [3.63, 3.8) is 0 Å². The molecule has 1 aromatic heterocycles. The number of rotatable bonds is 7. The van der Waals surface area contributed by atoms with Crippen LogP contribution in [-0.4, -0.2) is 89.4 Å². The number of anilines is 1. The molecule has 10 heteroatoms. The molecular formula is C29H42ClN7O2. The summed E-state index contributed by atoms with van der Waals surface area (Å²) < 4.78 is 5.25. The summed E-state index contributed by atoms with van der Waals surface area (Å²) in [7, 11) is 0. The molecule has 0 spiro atoms. The fourth-order valence-electron chi connectivity index (χ4n) is 5.95. The molecule has 1 amide bonds. The second kappa shape index (κ2) is 12.4. The highest BCUT2D eigenvalue weighted by Gasteiger charge is 2.28. The number of hydrogen-bond acceptors (Lipinski definition) is 8. The van der Waals surface area contributed by atoms with E-state index in [9.17, 15) is 4.79 Å². The number of halogens is 1. The molecule has 1 aliphatic carbocycles. The molecule has 3 aliphatic heterocycles. The zero-order valence-corrected chi connectivity index (χ0v) is 24.4. The molecule has 212 valence electrons. The van der Waals surface area contributed by atoms with Gasteiger partial charge in [0.05, 0.1) is 6.04 Å². The zero-order valence-electron chi connectivity index (χ0n) is 23.6. The van der Waals surface area contributed by atoms with Crippen LogP contribution in [0.4, 0.5) is 10.6 Å². The maximum absolute atomic E-state index is 11.9. The van der Waals surface area contributed by atoms with E-state index in [2.05, 4.69) is 48.1 Å². The Morgan fingerprint density at radius 1 is 1.13 bits per heavy atom. The number of carbonyl (C=O) groups is 1. The molecule has 0 aromatic carbocycles. The number of ether oxygens (including phenoxy) is 1. The molecule has 2 atom stereocenters. The largest absolute Gasteiger partial charge is 0.452 e. The van der Waals surface area contributed by atoms with Gasteiger partial charge in [0.2, 0.25) is 0 Å². The third-order valence-corrected chi connectivity index (χ3v) is 8.21. The lowest BCUT2D eigenvalue weighted by Crippen LogP contribution is -2.43. The molecule has 0 radical (unpaired) electrons. The summed E-state index contributed by atoms with van der Waals surface area (Å²) in [6.07, 6.45) is 13.5. The van der Waals surface area contributed by atoms with E-state index in [0.717, 1.165) is 81.8 Å². The Kier molecular flexibility index (Phi) is 8.99. The van der Waals surface area contributed by atoms with Crippen molar-refractivity contribution in [3.8, 4) is 0 Å². The maximum Gasteiger partial charge on any atom is 0.452 e. The molecule has 0 saturated carbocycles. The van der Waals surface area contributed by atoms with Crippen molar-refractivity contribution < 1.29 is 9.53 Å². The minimum absolute atomic E-state index is 0.000322. The van der Waals surface area contributed by atoms with Gasteiger partial charge in [-0.3, -0.25) is 4.90 Å². The molecule has 1 aromatic rings. The summed E-state index contributed by atoms with van der Waals surface area (Å²) >= 11 is 6.65. The molecule has 0 N–H and O–H groups in total. The number of nitrogens with zero attached hydrogens (tertiary/aromatic N) is 7. The zero-order chi connectivity index (χ0) is 27.4. The van der Waals surface area contributed by atoms with Crippen LogP contribution in [0.3, 0.4) is 0 Å². The molecular weight excluding hydrogens is 514 g/mol. The standard InChI is InChI=1S/C29H42ClN7O2/c1-29(2,3)39-28(38)34-33-22-8-6-17-37(20-22)23-11-9-21(10-12-23)26-31-25(30)24-13-19-36(27(24)32-26)18-7-16-35-14-4-5-15-35/h9-11,22-23H,4-8,12-20H2,1-3H3/t22-,23?/m1/s1. The minimum atomic E-state index is -0.622. The minimum Gasteiger partial charge on any atom is -0.441 e. The van der Waals surface area contributed by atoms with Gasteiger partial charge in [0, 0.05) is 36.8 Å². The van der Waals surface area contributed by atoms with Crippen LogP contribution in [0.5, 0.6) is 0 Å². The molecule has 4 heterocycles. The van der Waals surface area contributed by atoms with Crippen molar-refractivity contribution in [2.45, 2.75) is 83.4 Å². The predicted molar refractivity (Wildman–Crippen MR) is 154 cm³/mol. The van der Waals surface area contributed by atoms with Gasteiger partial charge in [-0.2, -0.15) is 5.11 Å². The van der Waals surface area contributed by atoms with E-state index in [4.69, 9.17) is 21.3 Å². The molecule has 5 rings (SSSR count). The molecule has 2 fully saturated rings. The van der Waals surface area contributed by atoms with E-state index in [1.165, 1.54) is 25.9 Å². The molecule has 39 heavy (non-hydrogen) atoms. The number of piperidine rings is 1. The van der Waals surface area contributed by atoms with E-state index >= 15 is 0 Å². The predicted octanol–water partition coefficient (Wildman–Crippen LogP) is 5.54. The number of fused-ring (bicyclic) bond motifs is 1. The van der Waals surface area contributed by atoms with Crippen LogP contribution in [0.2, 0.25) is 5.15 Å². The summed E-state index contributed by atoms with van der Waals surface area (Å²) in [5.41, 5.74) is 1.54. The van der Waals surface area contributed by atoms with Crippen LogP contribution in [0.1, 0.15) is 70.7 Å². The Hall–Kier alpha value is -2.36. The Morgan fingerprint density at radius 3 is 2.69 bits per heavy atom. The van der Waals surface area contributed by atoms with Crippen LogP contribution in [-0.2, 0) is 11.2 Å². The van der Waals surface area contributed by atoms with Crippen molar-refractivity contribution in [1.82, 2.24) is 19.8 Å². The fraction of sp³-hybridized carbons (Fsp3) is 0.690. The quantitative estimate of drug-likeness (QED) is 0.322. The normalized spacial score (nSPS) is 24.4. The Bertz CT molecular complexity index is 1120. The van der Waals surface area contributed by atoms with Gasteiger partial charge in [-0.15, -0.1) is 0 Å². The van der Waals surface area contributed by atoms with Crippen molar-refractivity contribution in [2.75, 3.05) is 50.7 Å². The van der Waals surface area contributed by atoms with Gasteiger partial charge in [0.15, 0.2) is 5.82 Å². The summed E-state index contributed by atoms with van der Waals surface area (Å²) in [5, 5.41) is 8.70. The number of carbonyl (C=O) groups excluding carboxylic acids is 1. The lowest BCUT2D eigenvalue weighted by molar-refractivity contribution is 0.0584. The van der Waals surface area contributed by atoms with Crippen LogP contribution >= 0.6 is 11.6 Å². The average Bonchev–Trinajstić information content (AvgIpc) is 3.57. The second-order valence-electron chi connectivity index (χ2n) is 12.1. The van der Waals surface area contributed by atoms with E-state index in [1.807, 2.05) is 20.8 Å². The van der Waals surface area contributed by atoms with Gasteiger partial charge in [-0.1, -0.05) is 34.9 Å². The summed E-state index contributed by atoms with van der Waals surface area (Å²) in [6, 6.07) is 0.278. The summed E-state index contributed by atoms with van der Waals surface area (Å²) in [4.78, 5) is 29.0. The Morgan fingerprint density at radius 2 is 1.95 bits per heavy atom. The topological polar surface area (TPSA) is 86.5 Å². The molecule has 9 nitrogen and oxygen atoms in total. The van der Waals surface area contributed by atoms with Crippen molar-refractivity contribution in [3.05, 3.63) is 34.8 Å². The maximum atomic E-state index is 11.9. The smallest absolute Gasteiger partial charge is 0.441 e. The van der Waals surface area contributed by atoms with Crippen molar-refractivity contribution in [1.29, 1.82) is 0 Å². The van der Waals surface area contributed by atoms with Crippen LogP contribution in [0.25, 0.3) is 5.57 Å². The molecule has 0 bridgehead atoms. The third kappa shape index (κ3) is 7.44. The van der Waals surface area contributed by atoms with E-state index in [1.54, 1.807) is 0 Å². The SMILES string of the molecule is CC(C)(C)OC(=O)N=N[C@@H]1CCCN(C2C=CC(c3nc(Cl)c4c(n3)N(CCCN3CCCC3)CC4)=CC2)C1. The van der Waals surface area contributed by atoms with Gasteiger partial charge >= 0.3 is 6.09 Å². The molecule has 4 aliphatic rings. The Labute approximate surface area is 237 Å². The number of allylic oxidation sites excluding steroid dienone is 2. The number of likely N-dealkylation sites (tertiary alicyclic amines) is 2. The van der Waals surface area contributed by atoms with E-state index in [0.29, 0.717) is 11.0 Å². The second-order valence-corrected chi connectivity index (χ2v) is 12.4. The highest BCUT2D eigenvalue weighted by Crippen LogP contribution is 2.33. The van der Waals surface area contributed by atoms with E-state index < -0.39 is 11.7 Å². The van der Waals surface area contributed by atoms with Crippen molar-refractivity contribution in [2.24, 2.45) is 10.2 Å². The first-order chi connectivity index (χ1) is 18.7. The molecule has 1 unspecified atom stereocenters. The first-order valence-electron chi connectivity index (χ1n) is 14.6. The summed E-state index contributed by atoms with van der Waals surface area (Å²) in [5.74, 6) is 1.72. The number of hydrogen-bond donors (Lipinski definition) is 0. The third-order valence-electron chi connectivity index (χ3n) is 7.90. The van der Waals surface area contributed by atoms with Crippen molar-refractivity contribution >= 4 is 29.1 Å². The monoisotopic (exact) mass is 555 g/mol. The average molecular weight is 556 g/mol. The lowest BCUT2D eigenvalue weighted by atomic mass is 9.97. The fourth-order valence-corrected chi connectivity index (χ4v) is 6.21. The number of aromatic nitrogens is 2. The van der Waals surface area contributed by atoms with Crippen LogP contribution in [0.15, 0.2) is 28.5 Å². The van der Waals surface area contributed by atoms with Crippen LogP contribution < -0.4 is 4.90 Å². The van der Waals surface area contributed by atoms with Gasteiger partial charge < -0.3 is 14.5 Å². The lowest BCUT2D eigenvalue weighted by Gasteiger charge is -2.36. The summed E-state index contributed by atoms with van der Waals surface area (Å²) in [6.45, 7) is 12.9. The van der Waals surface area contributed by atoms with Gasteiger partial charge in [0.1, 0.15) is 16.6 Å². The number of amides is 1. The first-order valence-corrected chi connectivity index (χ1v) is 14.9. The van der Waals surface area contributed by atoms with Gasteiger partial charge in [0.25, 0.3) is 0 Å². The Balaban J connectivity index is 1.17. The molecule has 2 saturated heterocycles. The first kappa shape index (κ1) is 28.2. The van der Waals surface area contributed by atoms with E-state index in [-0.39, 0.29) is 12.1 Å². The highest BCUT2D eigenvalue weighted by molar-refractivity contribution is 6.30.